The molecule has 0 spiro atoms. The molecule has 0 radical (unpaired) electrons. The van der Waals surface area contributed by atoms with Crippen LogP contribution in [0.5, 0.6) is 11.5 Å². The first kappa shape index (κ1) is 19.3. The third-order valence-corrected chi connectivity index (χ3v) is 3.98. The standard InChI is InChI=1S/C19H25ClO3/c1-5-17(21)15-11-16(20)19(23)14(18(15)22)10-9-13(4)8-6-7-12(2)3/h7,9,11,22-23H,5-6,8,10H2,1-4H3/b13-9+. The molecule has 1 aromatic carbocycles. The second kappa shape index (κ2) is 8.78. The Kier molecular flexibility index (Phi) is 7.37. The molecule has 1 rings (SSSR count). The third-order valence-electron chi connectivity index (χ3n) is 3.69. The van der Waals surface area contributed by atoms with Crippen LogP contribution in [0.2, 0.25) is 5.02 Å². The molecule has 126 valence electrons. The zero-order valence-electron chi connectivity index (χ0n) is 14.2. The Hall–Kier alpha value is -1.74. The summed E-state index contributed by atoms with van der Waals surface area (Å²) in [6.45, 7) is 7.85. The van der Waals surface area contributed by atoms with E-state index in [-0.39, 0.29) is 34.3 Å². The molecule has 23 heavy (non-hydrogen) atoms. The molecular formula is C19H25ClO3. The van der Waals surface area contributed by atoms with Gasteiger partial charge in [0, 0.05) is 12.0 Å². The number of benzene rings is 1. The van der Waals surface area contributed by atoms with Gasteiger partial charge in [-0.15, -0.1) is 0 Å². The van der Waals surface area contributed by atoms with Crippen LogP contribution in [0.15, 0.2) is 29.4 Å². The van der Waals surface area contributed by atoms with E-state index in [4.69, 9.17) is 11.6 Å². The maximum absolute atomic E-state index is 11.9. The van der Waals surface area contributed by atoms with E-state index in [2.05, 4.69) is 19.9 Å². The second-order valence-electron chi connectivity index (χ2n) is 5.93. The zero-order valence-corrected chi connectivity index (χ0v) is 15.0. The van der Waals surface area contributed by atoms with Crippen molar-refractivity contribution in [2.75, 3.05) is 0 Å². The lowest BCUT2D eigenvalue weighted by molar-refractivity contribution is 0.0985. The van der Waals surface area contributed by atoms with Gasteiger partial charge < -0.3 is 10.2 Å². The van der Waals surface area contributed by atoms with Crippen LogP contribution in [-0.4, -0.2) is 16.0 Å². The molecule has 0 fully saturated rings. The molecule has 3 nitrogen and oxygen atoms in total. The normalized spacial score (nSPS) is 11.4. The second-order valence-corrected chi connectivity index (χ2v) is 6.34. The van der Waals surface area contributed by atoms with Crippen molar-refractivity contribution in [1.82, 2.24) is 0 Å². The molecular weight excluding hydrogens is 312 g/mol. The van der Waals surface area contributed by atoms with Gasteiger partial charge in [0.05, 0.1) is 10.6 Å². The first-order valence-corrected chi connectivity index (χ1v) is 8.21. The third kappa shape index (κ3) is 5.43. The summed E-state index contributed by atoms with van der Waals surface area (Å²) >= 11 is 5.98. The number of halogens is 1. The number of carbonyl (C=O) groups excluding carboxylic acids is 1. The molecule has 4 heteroatoms. The van der Waals surface area contributed by atoms with Crippen molar-refractivity contribution in [3.8, 4) is 11.5 Å². The number of hydrogen-bond donors (Lipinski definition) is 2. The molecule has 0 aromatic heterocycles. The highest BCUT2D eigenvalue weighted by molar-refractivity contribution is 6.32. The van der Waals surface area contributed by atoms with Crippen molar-refractivity contribution in [3.05, 3.63) is 45.5 Å². The lowest BCUT2D eigenvalue weighted by atomic mass is 9.99. The van der Waals surface area contributed by atoms with E-state index in [1.807, 2.05) is 13.0 Å². The van der Waals surface area contributed by atoms with Gasteiger partial charge in [-0.1, -0.05) is 41.8 Å². The minimum absolute atomic E-state index is 0.0881. The number of phenols is 2. The van der Waals surface area contributed by atoms with Crippen LogP contribution in [0.1, 0.15) is 62.9 Å². The summed E-state index contributed by atoms with van der Waals surface area (Å²) in [7, 11) is 0. The van der Waals surface area contributed by atoms with Crippen molar-refractivity contribution in [2.24, 2.45) is 0 Å². The Morgan fingerprint density at radius 3 is 2.39 bits per heavy atom. The molecule has 0 atom stereocenters. The summed E-state index contributed by atoms with van der Waals surface area (Å²) in [6.07, 6.45) is 6.59. The van der Waals surface area contributed by atoms with E-state index in [0.29, 0.717) is 12.0 Å². The van der Waals surface area contributed by atoms with Crippen LogP contribution in [-0.2, 0) is 6.42 Å². The molecule has 0 heterocycles. The van der Waals surface area contributed by atoms with Crippen molar-refractivity contribution < 1.29 is 15.0 Å². The molecule has 0 aliphatic rings. The fraction of sp³-hybridized carbons (Fsp3) is 0.421. The number of carbonyl (C=O) groups is 1. The van der Waals surface area contributed by atoms with Crippen molar-refractivity contribution >= 4 is 17.4 Å². The van der Waals surface area contributed by atoms with E-state index in [1.165, 1.54) is 11.6 Å². The number of aromatic hydroxyl groups is 2. The van der Waals surface area contributed by atoms with Crippen LogP contribution < -0.4 is 0 Å². The highest BCUT2D eigenvalue weighted by Crippen LogP contribution is 2.38. The van der Waals surface area contributed by atoms with Gasteiger partial charge >= 0.3 is 0 Å². The fourth-order valence-corrected chi connectivity index (χ4v) is 2.47. The predicted octanol–water partition coefficient (Wildman–Crippen LogP) is 5.58. The quantitative estimate of drug-likeness (QED) is 0.505. The topological polar surface area (TPSA) is 57.5 Å². The van der Waals surface area contributed by atoms with Crippen LogP contribution in [0.25, 0.3) is 0 Å². The van der Waals surface area contributed by atoms with Crippen molar-refractivity contribution in [1.29, 1.82) is 0 Å². The molecule has 0 aliphatic carbocycles. The van der Waals surface area contributed by atoms with E-state index in [1.54, 1.807) is 6.92 Å². The zero-order chi connectivity index (χ0) is 17.6. The minimum atomic E-state index is -0.199. The molecule has 0 aliphatic heterocycles. The summed E-state index contributed by atoms with van der Waals surface area (Å²) in [5.74, 6) is -0.535. The van der Waals surface area contributed by atoms with Crippen molar-refractivity contribution in [2.45, 2.75) is 53.4 Å². The van der Waals surface area contributed by atoms with E-state index >= 15 is 0 Å². The molecule has 0 unspecified atom stereocenters. The minimum Gasteiger partial charge on any atom is -0.507 e. The Morgan fingerprint density at radius 2 is 1.83 bits per heavy atom. The monoisotopic (exact) mass is 336 g/mol. The number of allylic oxidation sites excluding steroid dienone is 4. The fourth-order valence-electron chi connectivity index (χ4n) is 2.25. The summed E-state index contributed by atoms with van der Waals surface area (Å²) in [4.78, 5) is 11.9. The van der Waals surface area contributed by atoms with Gasteiger partial charge in [0.1, 0.15) is 11.5 Å². The Morgan fingerprint density at radius 1 is 1.17 bits per heavy atom. The van der Waals surface area contributed by atoms with Crippen LogP contribution in [0.4, 0.5) is 0 Å². The van der Waals surface area contributed by atoms with Gasteiger partial charge in [-0.2, -0.15) is 0 Å². The average molecular weight is 337 g/mol. The number of phenolic OH excluding ortho intramolecular Hbond substituents is 2. The number of Topliss-reactive ketones (excluding diaryl/α,β-unsaturated/α-hetero) is 1. The van der Waals surface area contributed by atoms with Gasteiger partial charge in [0.2, 0.25) is 0 Å². The highest BCUT2D eigenvalue weighted by atomic mass is 35.5. The van der Waals surface area contributed by atoms with Crippen molar-refractivity contribution in [3.63, 3.8) is 0 Å². The summed E-state index contributed by atoms with van der Waals surface area (Å²) in [5.41, 5.74) is 2.91. The number of rotatable bonds is 7. The largest absolute Gasteiger partial charge is 0.507 e. The first-order chi connectivity index (χ1) is 10.8. The van der Waals surface area contributed by atoms with Gasteiger partial charge in [-0.25, -0.2) is 0 Å². The lowest BCUT2D eigenvalue weighted by Crippen LogP contribution is -2.00. The van der Waals surface area contributed by atoms with Crippen LogP contribution in [0.3, 0.4) is 0 Å². The summed E-state index contributed by atoms with van der Waals surface area (Å²) < 4.78 is 0. The first-order valence-electron chi connectivity index (χ1n) is 7.83. The predicted molar refractivity (Wildman–Crippen MR) is 95.5 cm³/mol. The number of hydrogen-bond acceptors (Lipinski definition) is 3. The summed E-state index contributed by atoms with van der Waals surface area (Å²) in [6, 6.07) is 1.33. The van der Waals surface area contributed by atoms with E-state index < -0.39 is 0 Å². The molecule has 0 amide bonds. The average Bonchev–Trinajstić information content (AvgIpc) is 2.49. The van der Waals surface area contributed by atoms with Crippen LogP contribution >= 0.6 is 11.6 Å². The maximum atomic E-state index is 11.9. The van der Waals surface area contributed by atoms with Gasteiger partial charge in [-0.3, -0.25) is 4.79 Å². The molecule has 0 saturated heterocycles. The summed E-state index contributed by atoms with van der Waals surface area (Å²) in [5, 5.41) is 20.4. The van der Waals surface area contributed by atoms with E-state index in [0.717, 1.165) is 18.4 Å². The Bertz CT molecular complexity index is 639. The Labute approximate surface area is 143 Å². The molecule has 2 N–H and O–H groups in total. The Balaban J connectivity index is 3.01. The van der Waals surface area contributed by atoms with Crippen LogP contribution in [0, 0.1) is 0 Å². The SMILES string of the molecule is CCC(=O)c1cc(Cl)c(O)c(C/C=C(\C)CCC=C(C)C)c1O. The lowest BCUT2D eigenvalue weighted by Gasteiger charge is -2.11. The van der Waals surface area contributed by atoms with Gasteiger partial charge in [-0.05, 0) is 46.1 Å². The van der Waals surface area contributed by atoms with E-state index in [9.17, 15) is 15.0 Å². The molecule has 1 aromatic rings. The molecule has 0 bridgehead atoms. The number of ketones is 1. The molecule has 0 saturated carbocycles. The van der Waals surface area contributed by atoms with Gasteiger partial charge in [0.15, 0.2) is 5.78 Å². The van der Waals surface area contributed by atoms with Gasteiger partial charge in [0.25, 0.3) is 0 Å². The highest BCUT2D eigenvalue weighted by Gasteiger charge is 2.19. The maximum Gasteiger partial charge on any atom is 0.166 e. The smallest absolute Gasteiger partial charge is 0.166 e.